The minimum absolute atomic E-state index is 0.0785. The standard InChI is InChI=1S/C19H18F4N4O3S/c1-7-9(3)31-18(13(7)19(29)30-4)25-12(28)6-27-17-14(8(2)26-27)10(15(20)21)5-11(24-17)16(22)23/h5,15-16H,6H2,1-4H3,(H,25,28). The van der Waals surface area contributed by atoms with Crippen molar-refractivity contribution >= 4 is 39.2 Å². The SMILES string of the molecule is COC(=O)c1c(NC(=O)Cn2nc(C)c3c(C(F)F)cc(C(F)F)nc32)sc(C)c1C. The number of esters is 1. The highest BCUT2D eigenvalue weighted by Crippen LogP contribution is 2.34. The van der Waals surface area contributed by atoms with Crippen molar-refractivity contribution in [3.63, 3.8) is 0 Å². The van der Waals surface area contributed by atoms with Crippen molar-refractivity contribution in [2.45, 2.75) is 40.2 Å². The highest BCUT2D eigenvalue weighted by atomic mass is 32.1. The zero-order valence-corrected chi connectivity index (χ0v) is 17.7. The summed E-state index contributed by atoms with van der Waals surface area (Å²) in [6, 6.07) is 0.649. The van der Waals surface area contributed by atoms with E-state index in [4.69, 9.17) is 4.74 Å². The van der Waals surface area contributed by atoms with Crippen LogP contribution in [0.25, 0.3) is 11.0 Å². The quantitative estimate of drug-likeness (QED) is 0.427. The molecule has 3 rings (SSSR count). The van der Waals surface area contributed by atoms with Gasteiger partial charge in [0.25, 0.3) is 12.9 Å². The van der Waals surface area contributed by atoms with E-state index in [2.05, 4.69) is 15.4 Å². The Hall–Kier alpha value is -3.02. The smallest absolute Gasteiger partial charge is 0.341 e. The number of anilines is 1. The van der Waals surface area contributed by atoms with Crippen LogP contribution in [0, 0.1) is 20.8 Å². The highest BCUT2D eigenvalue weighted by Gasteiger charge is 2.25. The summed E-state index contributed by atoms with van der Waals surface area (Å²) in [5.74, 6) is -1.26. The number of alkyl halides is 4. The van der Waals surface area contributed by atoms with Crippen LogP contribution >= 0.6 is 11.3 Å². The van der Waals surface area contributed by atoms with Gasteiger partial charge in [-0.2, -0.15) is 5.10 Å². The Morgan fingerprint density at radius 3 is 2.45 bits per heavy atom. The molecule has 0 fully saturated rings. The van der Waals surface area contributed by atoms with E-state index in [1.807, 2.05) is 0 Å². The third-order valence-electron chi connectivity index (χ3n) is 4.71. The van der Waals surface area contributed by atoms with Gasteiger partial charge in [-0.05, 0) is 32.4 Å². The number of carbonyl (C=O) groups excluding carboxylic acids is 2. The fourth-order valence-electron chi connectivity index (χ4n) is 3.17. The van der Waals surface area contributed by atoms with Gasteiger partial charge in [0.15, 0.2) is 5.65 Å². The number of amides is 1. The molecule has 7 nitrogen and oxygen atoms in total. The molecule has 12 heteroatoms. The molecule has 0 bridgehead atoms. The van der Waals surface area contributed by atoms with Gasteiger partial charge in [0.05, 0.1) is 23.8 Å². The number of pyridine rings is 1. The van der Waals surface area contributed by atoms with E-state index in [1.54, 1.807) is 13.8 Å². The maximum absolute atomic E-state index is 13.4. The predicted octanol–water partition coefficient (Wildman–Crippen LogP) is 4.72. The number of nitrogens with one attached hydrogen (secondary N) is 1. The van der Waals surface area contributed by atoms with Crippen molar-refractivity contribution in [2.24, 2.45) is 0 Å². The van der Waals surface area contributed by atoms with Crippen LogP contribution in [0.3, 0.4) is 0 Å². The fraction of sp³-hybridized carbons (Fsp3) is 0.368. The molecule has 0 aromatic carbocycles. The average Bonchev–Trinajstić information content (AvgIpc) is 3.16. The Morgan fingerprint density at radius 1 is 1.19 bits per heavy atom. The lowest BCUT2D eigenvalue weighted by atomic mass is 10.1. The first kappa shape index (κ1) is 22.7. The summed E-state index contributed by atoms with van der Waals surface area (Å²) in [6.45, 7) is 4.42. The molecule has 0 spiro atoms. The maximum atomic E-state index is 13.4. The van der Waals surface area contributed by atoms with Gasteiger partial charge in [-0.25, -0.2) is 32.0 Å². The Kier molecular flexibility index (Phi) is 6.30. The summed E-state index contributed by atoms with van der Waals surface area (Å²) in [5.41, 5.74) is -0.712. The van der Waals surface area contributed by atoms with Crippen LogP contribution in [0.5, 0.6) is 0 Å². The number of fused-ring (bicyclic) bond motifs is 1. The van der Waals surface area contributed by atoms with Crippen LogP contribution < -0.4 is 5.32 Å². The summed E-state index contributed by atoms with van der Waals surface area (Å²) in [4.78, 5) is 29.2. The summed E-state index contributed by atoms with van der Waals surface area (Å²) in [6.07, 6.45) is -6.09. The van der Waals surface area contributed by atoms with Crippen LogP contribution in [-0.4, -0.2) is 33.8 Å². The summed E-state index contributed by atoms with van der Waals surface area (Å²) >= 11 is 1.17. The third kappa shape index (κ3) is 4.24. The molecule has 166 valence electrons. The molecule has 1 amide bonds. The number of hydrogen-bond donors (Lipinski definition) is 1. The zero-order valence-electron chi connectivity index (χ0n) is 16.9. The Labute approximate surface area is 178 Å². The van der Waals surface area contributed by atoms with Crippen LogP contribution in [-0.2, 0) is 16.1 Å². The van der Waals surface area contributed by atoms with Gasteiger partial charge < -0.3 is 10.1 Å². The van der Waals surface area contributed by atoms with Crippen LogP contribution in [0.2, 0.25) is 0 Å². The van der Waals surface area contributed by atoms with Gasteiger partial charge in [-0.15, -0.1) is 11.3 Å². The van der Waals surface area contributed by atoms with Crippen LogP contribution in [0.4, 0.5) is 22.6 Å². The molecule has 0 aliphatic heterocycles. The molecule has 0 aliphatic carbocycles. The van der Waals surface area contributed by atoms with Gasteiger partial charge in [0, 0.05) is 10.4 Å². The van der Waals surface area contributed by atoms with E-state index in [0.29, 0.717) is 11.6 Å². The summed E-state index contributed by atoms with van der Waals surface area (Å²) in [7, 11) is 1.21. The molecule has 0 aliphatic rings. The van der Waals surface area contributed by atoms with Gasteiger partial charge in [-0.3, -0.25) is 4.79 Å². The third-order valence-corrected chi connectivity index (χ3v) is 5.83. The maximum Gasteiger partial charge on any atom is 0.341 e. The number of aryl methyl sites for hydroxylation is 2. The Morgan fingerprint density at radius 2 is 1.87 bits per heavy atom. The van der Waals surface area contributed by atoms with Crippen molar-refractivity contribution in [2.75, 3.05) is 12.4 Å². The number of aromatic nitrogens is 3. The molecule has 31 heavy (non-hydrogen) atoms. The lowest BCUT2D eigenvalue weighted by Gasteiger charge is -2.09. The number of nitrogens with zero attached hydrogens (tertiary/aromatic N) is 3. The second-order valence-electron chi connectivity index (χ2n) is 6.71. The molecule has 0 unspecified atom stereocenters. The van der Waals surface area contributed by atoms with E-state index in [1.165, 1.54) is 25.4 Å². The minimum Gasteiger partial charge on any atom is -0.465 e. The number of carbonyl (C=O) groups is 2. The minimum atomic E-state index is -3.07. The van der Waals surface area contributed by atoms with Crippen molar-refractivity contribution < 1.29 is 31.9 Å². The number of hydrogen-bond acceptors (Lipinski definition) is 6. The molecular formula is C19H18F4N4O3S. The van der Waals surface area contributed by atoms with Crippen molar-refractivity contribution in [1.82, 2.24) is 14.8 Å². The van der Waals surface area contributed by atoms with Crippen molar-refractivity contribution in [1.29, 1.82) is 0 Å². The van der Waals surface area contributed by atoms with Crippen LogP contribution in [0.1, 0.15) is 50.6 Å². The second kappa shape index (κ2) is 8.61. The van der Waals surface area contributed by atoms with Gasteiger partial charge in [0.2, 0.25) is 5.91 Å². The molecule has 3 heterocycles. The second-order valence-corrected chi connectivity index (χ2v) is 7.93. The average molecular weight is 458 g/mol. The number of rotatable bonds is 6. The number of halogens is 4. The van der Waals surface area contributed by atoms with E-state index >= 15 is 0 Å². The van der Waals surface area contributed by atoms with E-state index in [-0.39, 0.29) is 27.3 Å². The van der Waals surface area contributed by atoms with Gasteiger partial charge in [-0.1, -0.05) is 0 Å². The largest absolute Gasteiger partial charge is 0.465 e. The number of ether oxygens (including phenoxy) is 1. The first-order valence-corrected chi connectivity index (χ1v) is 9.79. The Balaban J connectivity index is 1.99. The highest BCUT2D eigenvalue weighted by molar-refractivity contribution is 7.16. The molecule has 0 saturated heterocycles. The number of methoxy groups -OCH3 is 1. The molecular weight excluding hydrogens is 440 g/mol. The first-order valence-electron chi connectivity index (χ1n) is 8.97. The zero-order chi connectivity index (χ0) is 23.0. The predicted molar refractivity (Wildman–Crippen MR) is 106 cm³/mol. The van der Waals surface area contributed by atoms with Crippen LogP contribution in [0.15, 0.2) is 6.07 Å². The lowest BCUT2D eigenvalue weighted by Crippen LogP contribution is -2.21. The van der Waals surface area contributed by atoms with Gasteiger partial charge >= 0.3 is 5.97 Å². The van der Waals surface area contributed by atoms with Gasteiger partial charge in [0.1, 0.15) is 17.2 Å². The molecule has 0 atom stereocenters. The van der Waals surface area contributed by atoms with Crippen molar-refractivity contribution in [3.8, 4) is 0 Å². The van der Waals surface area contributed by atoms with E-state index in [9.17, 15) is 27.2 Å². The molecule has 3 aromatic heterocycles. The van der Waals surface area contributed by atoms with E-state index in [0.717, 1.165) is 9.56 Å². The normalized spacial score (nSPS) is 11.5. The topological polar surface area (TPSA) is 86.1 Å². The lowest BCUT2D eigenvalue weighted by molar-refractivity contribution is -0.116. The summed E-state index contributed by atoms with van der Waals surface area (Å²) < 4.78 is 58.9. The number of thiophene rings is 1. The molecule has 0 radical (unpaired) electrons. The van der Waals surface area contributed by atoms with Crippen molar-refractivity contribution in [3.05, 3.63) is 39.0 Å². The fourth-order valence-corrected chi connectivity index (χ4v) is 4.23. The Bertz CT molecular complexity index is 1170. The molecule has 3 aromatic rings. The monoisotopic (exact) mass is 458 g/mol. The summed E-state index contributed by atoms with van der Waals surface area (Å²) in [5, 5.41) is 6.80. The molecule has 1 N–H and O–H groups in total. The van der Waals surface area contributed by atoms with E-state index < -0.39 is 42.5 Å². The molecule has 0 saturated carbocycles. The first-order chi connectivity index (χ1) is 14.5.